The first-order chi connectivity index (χ1) is 7.13. The molecule has 0 aliphatic carbocycles. The van der Waals surface area contributed by atoms with Gasteiger partial charge in [0.25, 0.3) is 0 Å². The third kappa shape index (κ3) is 3.55. The van der Waals surface area contributed by atoms with E-state index in [1.165, 1.54) is 6.07 Å². The summed E-state index contributed by atoms with van der Waals surface area (Å²) < 4.78 is 13.1. The monoisotopic (exact) mass is 211 g/mol. The van der Waals surface area contributed by atoms with Crippen LogP contribution in [0.1, 0.15) is 18.1 Å². The highest BCUT2D eigenvalue weighted by Crippen LogP contribution is 2.10. The molecule has 1 aromatic rings. The molecule has 1 aromatic carbocycles. The number of halogens is 1. The molecule has 0 aromatic heterocycles. The maximum atomic E-state index is 13.1. The number of hydrogen-bond donors (Lipinski definition) is 2. The first-order valence-electron chi connectivity index (χ1n) is 4.53. The largest absolute Gasteiger partial charge is 0.390 e. The summed E-state index contributed by atoms with van der Waals surface area (Å²) in [6.45, 7) is 2.04. The van der Waals surface area contributed by atoms with Gasteiger partial charge in [0.05, 0.1) is 0 Å². The highest BCUT2D eigenvalue weighted by atomic mass is 19.1. The summed E-state index contributed by atoms with van der Waals surface area (Å²) in [6, 6.07) is 4.63. The van der Waals surface area contributed by atoms with Gasteiger partial charge in [-0.3, -0.25) is 0 Å². The lowest BCUT2D eigenvalue weighted by molar-refractivity contribution is 0.130. The van der Waals surface area contributed by atoms with Gasteiger partial charge in [0, 0.05) is 12.1 Å². The summed E-state index contributed by atoms with van der Waals surface area (Å²) in [5.74, 6) is 0.0379. The molecule has 0 aliphatic heterocycles. The molecule has 0 saturated heterocycles. The minimum atomic E-state index is -0.306. The molecule has 4 N–H and O–H groups in total. The van der Waals surface area contributed by atoms with Crippen molar-refractivity contribution in [3.8, 4) is 0 Å². The third-order valence-corrected chi connectivity index (χ3v) is 1.77. The van der Waals surface area contributed by atoms with Crippen LogP contribution in [0.2, 0.25) is 0 Å². The Kier molecular flexibility index (Phi) is 4.05. The lowest BCUT2D eigenvalue weighted by Gasteiger charge is -2.04. The Hall–Kier alpha value is -1.62. The summed E-state index contributed by atoms with van der Waals surface area (Å²) in [4.78, 5) is 4.92. The van der Waals surface area contributed by atoms with Gasteiger partial charge in [-0.1, -0.05) is 11.2 Å². The first-order valence-corrected chi connectivity index (χ1v) is 4.53. The fraction of sp³-hybridized carbons (Fsp3) is 0.300. The average molecular weight is 211 g/mol. The van der Waals surface area contributed by atoms with Crippen LogP contribution < -0.4 is 11.5 Å². The molecule has 0 aliphatic rings. The van der Waals surface area contributed by atoms with E-state index in [0.29, 0.717) is 11.4 Å². The molecule has 0 unspecified atom stereocenters. The van der Waals surface area contributed by atoms with Crippen LogP contribution in [0.4, 0.5) is 4.39 Å². The van der Waals surface area contributed by atoms with E-state index in [0.717, 1.165) is 5.56 Å². The molecule has 0 saturated carbocycles. The molecule has 15 heavy (non-hydrogen) atoms. The van der Waals surface area contributed by atoms with E-state index in [-0.39, 0.29) is 19.0 Å². The zero-order valence-electron chi connectivity index (χ0n) is 8.53. The number of benzene rings is 1. The van der Waals surface area contributed by atoms with Crippen LogP contribution in [0.5, 0.6) is 0 Å². The van der Waals surface area contributed by atoms with Gasteiger partial charge in [-0.15, -0.1) is 0 Å². The normalized spacial score (nSPS) is 11.5. The lowest BCUT2D eigenvalue weighted by atomic mass is 10.1. The van der Waals surface area contributed by atoms with Gasteiger partial charge in [-0.25, -0.2) is 4.39 Å². The van der Waals surface area contributed by atoms with Crippen molar-refractivity contribution in [1.29, 1.82) is 0 Å². The van der Waals surface area contributed by atoms with Crippen molar-refractivity contribution in [2.75, 3.05) is 0 Å². The van der Waals surface area contributed by atoms with Crippen LogP contribution in [0, 0.1) is 5.82 Å². The van der Waals surface area contributed by atoms with Crippen LogP contribution in [0.25, 0.3) is 0 Å². The van der Waals surface area contributed by atoms with Crippen molar-refractivity contribution in [3.05, 3.63) is 35.1 Å². The molecular weight excluding hydrogens is 197 g/mol. The van der Waals surface area contributed by atoms with Gasteiger partial charge in [-0.2, -0.15) is 0 Å². The van der Waals surface area contributed by atoms with E-state index in [1.54, 1.807) is 19.1 Å². The lowest BCUT2D eigenvalue weighted by Crippen LogP contribution is -2.06. The fourth-order valence-corrected chi connectivity index (χ4v) is 1.08. The van der Waals surface area contributed by atoms with Gasteiger partial charge in [0.15, 0.2) is 0 Å². The summed E-state index contributed by atoms with van der Waals surface area (Å²) >= 11 is 0. The van der Waals surface area contributed by atoms with Gasteiger partial charge >= 0.3 is 0 Å². The maximum absolute atomic E-state index is 13.1. The average Bonchev–Trinajstić information content (AvgIpc) is 2.20. The molecule has 0 amide bonds. The second-order valence-corrected chi connectivity index (χ2v) is 3.14. The van der Waals surface area contributed by atoms with Crippen molar-refractivity contribution in [1.82, 2.24) is 0 Å². The van der Waals surface area contributed by atoms with Gasteiger partial charge in [-0.05, 0) is 24.6 Å². The molecule has 0 radical (unpaired) electrons. The number of rotatable bonds is 4. The molecule has 0 spiro atoms. The highest BCUT2D eigenvalue weighted by molar-refractivity contribution is 5.76. The fourth-order valence-electron chi connectivity index (χ4n) is 1.08. The standard InChI is InChI=1S/C10H14FN3O/c1-7(13)14-15-6-8-2-3-10(11)9(4-8)5-12/h2-4H,5-6,12H2,1H3,(H2,13,14). The van der Waals surface area contributed by atoms with E-state index in [4.69, 9.17) is 16.3 Å². The van der Waals surface area contributed by atoms with Gasteiger partial charge in [0.2, 0.25) is 0 Å². The summed E-state index contributed by atoms with van der Waals surface area (Å²) in [6.07, 6.45) is 0. The number of hydrogen-bond acceptors (Lipinski definition) is 3. The SMILES string of the molecule is C/C(N)=N/OCc1ccc(F)c(CN)c1. The van der Waals surface area contributed by atoms with Gasteiger partial charge in [0.1, 0.15) is 18.3 Å². The van der Waals surface area contributed by atoms with Crippen LogP contribution in [-0.2, 0) is 18.0 Å². The smallest absolute Gasteiger partial charge is 0.142 e. The number of nitrogens with two attached hydrogens (primary N) is 2. The second kappa shape index (κ2) is 5.31. The van der Waals surface area contributed by atoms with E-state index >= 15 is 0 Å². The van der Waals surface area contributed by atoms with Crippen molar-refractivity contribution in [3.63, 3.8) is 0 Å². The molecule has 4 nitrogen and oxygen atoms in total. The Labute approximate surface area is 87.7 Å². The molecule has 0 atom stereocenters. The van der Waals surface area contributed by atoms with Gasteiger partial charge < -0.3 is 16.3 Å². The molecule has 82 valence electrons. The number of amidine groups is 1. The van der Waals surface area contributed by atoms with E-state index in [9.17, 15) is 4.39 Å². The number of oxime groups is 1. The Bertz CT molecular complexity index is 362. The summed E-state index contributed by atoms with van der Waals surface area (Å²) in [5, 5.41) is 3.57. The van der Waals surface area contributed by atoms with Crippen LogP contribution in [0.15, 0.2) is 23.4 Å². The van der Waals surface area contributed by atoms with Crippen LogP contribution in [-0.4, -0.2) is 5.84 Å². The predicted octanol–water partition coefficient (Wildman–Crippen LogP) is 1.09. The maximum Gasteiger partial charge on any atom is 0.142 e. The Morgan fingerprint density at radius 3 is 2.87 bits per heavy atom. The van der Waals surface area contributed by atoms with E-state index in [2.05, 4.69) is 5.16 Å². The van der Waals surface area contributed by atoms with E-state index in [1.807, 2.05) is 0 Å². The minimum absolute atomic E-state index is 0.166. The van der Waals surface area contributed by atoms with Crippen molar-refractivity contribution in [2.45, 2.75) is 20.1 Å². The Balaban J connectivity index is 2.66. The summed E-state index contributed by atoms with van der Waals surface area (Å²) in [7, 11) is 0. The van der Waals surface area contributed by atoms with Crippen molar-refractivity contribution >= 4 is 5.84 Å². The highest BCUT2D eigenvalue weighted by Gasteiger charge is 2.01. The Morgan fingerprint density at radius 2 is 2.27 bits per heavy atom. The van der Waals surface area contributed by atoms with Crippen molar-refractivity contribution < 1.29 is 9.23 Å². The second-order valence-electron chi connectivity index (χ2n) is 3.14. The summed E-state index contributed by atoms with van der Waals surface area (Å²) in [5.41, 5.74) is 11.9. The molecule has 1 rings (SSSR count). The first kappa shape index (κ1) is 11.5. The minimum Gasteiger partial charge on any atom is -0.390 e. The molecule has 0 heterocycles. The van der Waals surface area contributed by atoms with Crippen molar-refractivity contribution in [2.24, 2.45) is 16.6 Å². The molecule has 5 heteroatoms. The molecule has 0 fully saturated rings. The molecule has 0 bridgehead atoms. The topological polar surface area (TPSA) is 73.6 Å². The quantitative estimate of drug-likeness (QED) is 0.445. The third-order valence-electron chi connectivity index (χ3n) is 1.77. The van der Waals surface area contributed by atoms with Crippen LogP contribution >= 0.6 is 0 Å². The molecular formula is C10H14FN3O. The van der Waals surface area contributed by atoms with E-state index < -0.39 is 0 Å². The zero-order valence-corrected chi connectivity index (χ0v) is 8.53. The van der Waals surface area contributed by atoms with Crippen LogP contribution in [0.3, 0.4) is 0 Å². The predicted molar refractivity (Wildman–Crippen MR) is 56.4 cm³/mol. The number of nitrogens with zero attached hydrogens (tertiary/aromatic N) is 1. The zero-order chi connectivity index (χ0) is 11.3. The Morgan fingerprint density at radius 1 is 1.53 bits per heavy atom.